The van der Waals surface area contributed by atoms with Gasteiger partial charge in [0, 0.05) is 38.0 Å². The number of carbonyl (C=O) groups is 4. The minimum Gasteiger partial charge on any atom is -0.469 e. The van der Waals surface area contributed by atoms with Crippen molar-refractivity contribution in [3.05, 3.63) is 87.0 Å². The van der Waals surface area contributed by atoms with Gasteiger partial charge in [0.15, 0.2) is 15.6 Å². The molecule has 23 nitrogen and oxygen atoms in total. The number of methoxy groups -OCH3 is 1. The number of nitrogens with zero attached hydrogens (tertiary/aromatic N) is 8. The van der Waals surface area contributed by atoms with Crippen LogP contribution in [0, 0.1) is 32.1 Å². The molecule has 0 bridgehead atoms. The first kappa shape index (κ1) is 48.7. The number of piperidine rings is 2. The Morgan fingerprint density at radius 2 is 1.08 bits per heavy atom. The van der Waals surface area contributed by atoms with Gasteiger partial charge < -0.3 is 33.5 Å². The second kappa shape index (κ2) is 22.3. The first-order valence-electron chi connectivity index (χ1n) is 20.2. The van der Waals surface area contributed by atoms with Gasteiger partial charge in [0.2, 0.25) is 11.6 Å². The average Bonchev–Trinajstić information content (AvgIpc) is 3.29. The number of nitro groups is 2. The number of carbonyl (C=O) groups excluding carboxylic acids is 4. The van der Waals surface area contributed by atoms with E-state index in [9.17, 15) is 47.8 Å². The minimum atomic E-state index is -3.38. The number of rotatable bonds is 16. The van der Waals surface area contributed by atoms with E-state index < -0.39 is 49.2 Å². The summed E-state index contributed by atoms with van der Waals surface area (Å²) in [5, 5.41) is 23.6. The molecule has 0 radical (unpaired) electrons. The Labute approximate surface area is 372 Å². The maximum atomic E-state index is 12.1. The van der Waals surface area contributed by atoms with E-state index in [0.29, 0.717) is 65.1 Å². The van der Waals surface area contributed by atoms with E-state index in [4.69, 9.17) is 18.9 Å². The summed E-state index contributed by atoms with van der Waals surface area (Å²) in [5.41, 5.74) is -0.535. The van der Waals surface area contributed by atoms with Crippen LogP contribution in [0.2, 0.25) is 0 Å². The van der Waals surface area contributed by atoms with Crippen molar-refractivity contribution in [2.24, 2.45) is 11.8 Å². The van der Waals surface area contributed by atoms with Crippen molar-refractivity contribution in [3.63, 3.8) is 0 Å². The van der Waals surface area contributed by atoms with Crippen LogP contribution in [-0.4, -0.2) is 115 Å². The molecule has 346 valence electrons. The van der Waals surface area contributed by atoms with E-state index in [1.165, 1.54) is 68.3 Å². The summed E-state index contributed by atoms with van der Waals surface area (Å²) in [4.78, 5) is 89.2. The first-order chi connectivity index (χ1) is 31.0. The van der Waals surface area contributed by atoms with Gasteiger partial charge in [-0.3, -0.25) is 39.4 Å². The van der Waals surface area contributed by atoms with Gasteiger partial charge in [-0.2, -0.15) is 9.97 Å². The van der Waals surface area contributed by atoms with Gasteiger partial charge >= 0.3 is 41.0 Å². The minimum absolute atomic E-state index is 0.0992. The zero-order valence-electron chi connectivity index (χ0n) is 35.8. The fourth-order valence-electron chi connectivity index (χ4n) is 6.81. The first-order valence-corrected chi connectivity index (χ1v) is 22.1. The van der Waals surface area contributed by atoms with Gasteiger partial charge in [0.05, 0.1) is 46.9 Å². The standard InChI is InChI=1S/C22H24N4O8.C19H22N4O7S/c1-3-33-22(29)15-8-10-25(11-9-15)20-19(26(30)31)21(24-13-23-20)34-16-6-4-14(5-7-16)17(27)12-18(28)32-2;1-3-29-19(24)13-8-10-22(11-9-13)17-16(23(25)26)18(21-12-20-17)30-14-4-6-15(7-5-14)31(2,27)28/h4-7,13,15H,3,8-12H2,1-2H3;4-7,12-13H,3,8-11H2,1-2H3. The molecule has 2 fully saturated rings. The second-order valence-electron chi connectivity index (χ2n) is 14.4. The van der Waals surface area contributed by atoms with Crippen LogP contribution in [0.5, 0.6) is 23.3 Å². The van der Waals surface area contributed by atoms with Crippen LogP contribution >= 0.6 is 0 Å². The number of anilines is 2. The van der Waals surface area contributed by atoms with Gasteiger partial charge in [0.25, 0.3) is 0 Å². The van der Waals surface area contributed by atoms with Crippen LogP contribution in [0.25, 0.3) is 0 Å². The fourth-order valence-corrected chi connectivity index (χ4v) is 7.44. The van der Waals surface area contributed by atoms with Crippen molar-refractivity contribution in [1.82, 2.24) is 19.9 Å². The van der Waals surface area contributed by atoms with Crippen molar-refractivity contribution < 1.29 is 61.1 Å². The Morgan fingerprint density at radius 3 is 1.43 bits per heavy atom. The highest BCUT2D eigenvalue weighted by atomic mass is 32.2. The number of ether oxygens (including phenoxy) is 5. The third-order valence-electron chi connectivity index (χ3n) is 10.1. The van der Waals surface area contributed by atoms with Crippen molar-refractivity contribution in [1.29, 1.82) is 0 Å². The lowest BCUT2D eigenvalue weighted by molar-refractivity contribution is -0.385. The number of hydrogen-bond acceptors (Lipinski definition) is 21. The molecule has 24 heteroatoms. The number of sulfone groups is 1. The second-order valence-corrected chi connectivity index (χ2v) is 16.4. The van der Waals surface area contributed by atoms with Crippen molar-refractivity contribution in [2.45, 2.75) is 50.8 Å². The van der Waals surface area contributed by atoms with Gasteiger partial charge in [-0.05, 0) is 88.1 Å². The molecular formula is C41H46N8O15S. The summed E-state index contributed by atoms with van der Waals surface area (Å²) in [5.74, 6) is -2.02. The van der Waals surface area contributed by atoms with Gasteiger partial charge in [-0.15, -0.1) is 0 Å². The molecule has 2 aromatic heterocycles. The Morgan fingerprint density at radius 1 is 0.677 bits per heavy atom. The van der Waals surface area contributed by atoms with E-state index in [0.717, 1.165) is 6.26 Å². The summed E-state index contributed by atoms with van der Waals surface area (Å²) in [6.45, 7) is 5.66. The van der Waals surface area contributed by atoms with E-state index in [2.05, 4.69) is 24.7 Å². The van der Waals surface area contributed by atoms with Crippen molar-refractivity contribution in [2.75, 3.05) is 62.6 Å². The molecule has 0 N–H and O–H groups in total. The lowest BCUT2D eigenvalue weighted by Gasteiger charge is -2.31. The van der Waals surface area contributed by atoms with Crippen LogP contribution in [0.1, 0.15) is 56.3 Å². The molecule has 0 atom stereocenters. The van der Waals surface area contributed by atoms with Crippen LogP contribution in [0.15, 0.2) is 66.1 Å². The Balaban J connectivity index is 0.000000245. The number of ketones is 1. The van der Waals surface area contributed by atoms with Crippen LogP contribution in [0.4, 0.5) is 23.0 Å². The summed E-state index contributed by atoms with van der Waals surface area (Å²) < 4.78 is 49.0. The zero-order chi connectivity index (χ0) is 47.3. The third kappa shape index (κ3) is 12.9. The average molecular weight is 923 g/mol. The van der Waals surface area contributed by atoms with Crippen molar-refractivity contribution >= 4 is 56.5 Å². The van der Waals surface area contributed by atoms with Crippen LogP contribution in [-0.2, 0) is 38.4 Å². The molecular weight excluding hydrogens is 877 g/mol. The molecule has 4 heterocycles. The zero-order valence-corrected chi connectivity index (χ0v) is 36.6. The SMILES string of the molecule is CCOC(=O)C1CCN(c2ncnc(Oc3ccc(C(=O)CC(=O)OC)cc3)c2[N+](=O)[O-])CC1.CCOC(=O)C1CCN(c2ncnc(Oc3ccc(S(C)(=O)=O)cc3)c2[N+](=O)[O-])CC1. The van der Waals surface area contributed by atoms with Gasteiger partial charge in [-0.1, -0.05) is 0 Å². The predicted octanol–water partition coefficient (Wildman–Crippen LogP) is 5.06. The van der Waals surface area contributed by atoms with E-state index in [1.54, 1.807) is 23.6 Å². The number of esters is 3. The highest BCUT2D eigenvalue weighted by Gasteiger charge is 2.35. The van der Waals surface area contributed by atoms with Crippen LogP contribution < -0.4 is 19.3 Å². The molecule has 2 aliphatic heterocycles. The summed E-state index contributed by atoms with van der Waals surface area (Å²) >= 11 is 0. The number of aromatic nitrogens is 4. The van der Waals surface area contributed by atoms with Gasteiger partial charge in [0.1, 0.15) is 30.6 Å². The highest BCUT2D eigenvalue weighted by molar-refractivity contribution is 7.90. The number of hydrogen-bond donors (Lipinski definition) is 0. The molecule has 0 aliphatic carbocycles. The summed E-state index contributed by atoms with van der Waals surface area (Å²) in [7, 11) is -2.19. The Bertz CT molecular complexity index is 2480. The molecule has 0 amide bonds. The fraction of sp³-hybridized carbons (Fsp3) is 0.415. The van der Waals surface area contributed by atoms with Crippen LogP contribution in [0.3, 0.4) is 0 Å². The Hall–Kier alpha value is -7.37. The smallest absolute Gasteiger partial charge is 0.373 e. The molecule has 2 aromatic carbocycles. The molecule has 65 heavy (non-hydrogen) atoms. The van der Waals surface area contributed by atoms with E-state index in [-0.39, 0.29) is 69.1 Å². The quantitative estimate of drug-likeness (QED) is 0.0354. The Kier molecular flexibility index (Phi) is 16.7. The van der Waals surface area contributed by atoms with Crippen molar-refractivity contribution in [3.8, 4) is 23.3 Å². The third-order valence-corrected chi connectivity index (χ3v) is 11.3. The number of benzene rings is 2. The molecule has 2 saturated heterocycles. The molecule has 0 unspecified atom stereocenters. The van der Waals surface area contributed by atoms with Gasteiger partial charge in [-0.25, -0.2) is 18.4 Å². The summed E-state index contributed by atoms with van der Waals surface area (Å²) in [6.07, 6.45) is 4.96. The lowest BCUT2D eigenvalue weighted by atomic mass is 9.97. The van der Waals surface area contributed by atoms with E-state index >= 15 is 0 Å². The normalized spacial score (nSPS) is 14.3. The topological polar surface area (TPSA) is 293 Å². The highest BCUT2D eigenvalue weighted by Crippen LogP contribution is 2.39. The molecule has 0 spiro atoms. The van der Waals surface area contributed by atoms with E-state index in [1.807, 2.05) is 0 Å². The molecule has 0 saturated carbocycles. The number of Topliss-reactive ketones (excluding diaryl/α,β-unsaturated/α-hetero) is 1. The molecule has 4 aromatic rings. The summed E-state index contributed by atoms with van der Waals surface area (Å²) in [6, 6.07) is 11.3. The largest absolute Gasteiger partial charge is 0.469 e. The predicted molar refractivity (Wildman–Crippen MR) is 228 cm³/mol. The monoisotopic (exact) mass is 922 g/mol. The lowest BCUT2D eigenvalue weighted by Crippen LogP contribution is -2.37. The molecule has 2 aliphatic rings. The maximum Gasteiger partial charge on any atom is 0.373 e. The molecule has 6 rings (SSSR count). The maximum absolute atomic E-state index is 12.1.